The van der Waals surface area contributed by atoms with Crippen LogP contribution in [-0.4, -0.2) is 31.9 Å². The number of Topliss-reactive ketones (excluding diaryl/α,β-unsaturated/α-hetero) is 1. The average molecular weight is 242 g/mol. The molecule has 0 aliphatic carbocycles. The molecule has 0 aromatic heterocycles. The Bertz CT molecular complexity index is 320. The van der Waals surface area contributed by atoms with E-state index in [1.165, 1.54) is 0 Å². The lowest BCUT2D eigenvalue weighted by atomic mass is 9.90. The van der Waals surface area contributed by atoms with Crippen molar-refractivity contribution in [2.75, 3.05) is 14.2 Å². The molecule has 0 spiro atoms. The van der Waals surface area contributed by atoms with Crippen molar-refractivity contribution in [1.82, 2.24) is 0 Å². The van der Waals surface area contributed by atoms with E-state index in [9.17, 15) is 4.79 Å². The minimum absolute atomic E-state index is 0.102. The number of ether oxygens (including phenoxy) is 3. The summed E-state index contributed by atoms with van der Waals surface area (Å²) in [6.07, 6.45) is 0.429. The summed E-state index contributed by atoms with van der Waals surface area (Å²) in [4.78, 5) is 12.1. The molecular weight excluding hydrogens is 220 g/mol. The van der Waals surface area contributed by atoms with Gasteiger partial charge in [0, 0.05) is 26.2 Å². The first-order chi connectivity index (χ1) is 7.93. The van der Waals surface area contributed by atoms with Crippen molar-refractivity contribution in [2.24, 2.45) is 5.92 Å². The van der Waals surface area contributed by atoms with Gasteiger partial charge in [0.1, 0.15) is 6.10 Å². The fourth-order valence-electron chi connectivity index (χ4n) is 2.14. The minimum atomic E-state index is -0.950. The lowest BCUT2D eigenvalue weighted by Gasteiger charge is -2.38. The highest BCUT2D eigenvalue weighted by Gasteiger charge is 2.43. The van der Waals surface area contributed by atoms with E-state index in [0.717, 1.165) is 0 Å². The number of hydrogen-bond acceptors (Lipinski definition) is 4. The molecule has 0 saturated heterocycles. The smallest absolute Gasteiger partial charge is 0.227 e. The number of carbonyl (C=O) groups is 1. The van der Waals surface area contributed by atoms with Crippen molar-refractivity contribution in [3.05, 3.63) is 11.3 Å². The molecule has 1 aliphatic heterocycles. The normalized spacial score (nSPS) is 26.1. The van der Waals surface area contributed by atoms with E-state index in [1.807, 2.05) is 20.8 Å². The van der Waals surface area contributed by atoms with Crippen LogP contribution in [0.1, 0.15) is 34.1 Å². The van der Waals surface area contributed by atoms with Crippen LogP contribution in [0.2, 0.25) is 0 Å². The molecular formula is C13H22O4. The maximum atomic E-state index is 12.1. The Hall–Kier alpha value is -0.870. The van der Waals surface area contributed by atoms with Gasteiger partial charge in [-0.1, -0.05) is 13.8 Å². The lowest BCUT2D eigenvalue weighted by molar-refractivity contribution is -0.213. The Balaban J connectivity index is 3.23. The highest BCUT2D eigenvalue weighted by Crippen LogP contribution is 2.36. The van der Waals surface area contributed by atoms with E-state index in [0.29, 0.717) is 17.8 Å². The third-order valence-electron chi connectivity index (χ3n) is 3.60. The first kappa shape index (κ1) is 14.2. The van der Waals surface area contributed by atoms with Crippen LogP contribution >= 0.6 is 0 Å². The fourth-order valence-corrected chi connectivity index (χ4v) is 2.14. The average Bonchev–Trinajstić information content (AvgIpc) is 2.35. The van der Waals surface area contributed by atoms with Crippen molar-refractivity contribution in [3.63, 3.8) is 0 Å². The van der Waals surface area contributed by atoms with Gasteiger partial charge >= 0.3 is 0 Å². The molecule has 0 radical (unpaired) electrons. The lowest BCUT2D eigenvalue weighted by Crippen LogP contribution is -2.44. The van der Waals surface area contributed by atoms with Gasteiger partial charge in [0.25, 0.3) is 0 Å². The van der Waals surface area contributed by atoms with Crippen LogP contribution in [0.3, 0.4) is 0 Å². The second-order valence-corrected chi connectivity index (χ2v) is 4.44. The second-order valence-electron chi connectivity index (χ2n) is 4.44. The van der Waals surface area contributed by atoms with Crippen molar-refractivity contribution in [1.29, 1.82) is 0 Å². The summed E-state index contributed by atoms with van der Waals surface area (Å²) in [5.74, 6) is -0.456. The molecule has 2 unspecified atom stereocenters. The molecule has 1 heterocycles. The molecule has 0 aromatic carbocycles. The summed E-state index contributed by atoms with van der Waals surface area (Å²) in [7, 11) is 3.12. The van der Waals surface area contributed by atoms with Crippen LogP contribution in [0.5, 0.6) is 0 Å². The molecule has 0 amide bonds. The zero-order valence-corrected chi connectivity index (χ0v) is 11.5. The third kappa shape index (κ3) is 2.24. The van der Waals surface area contributed by atoms with Gasteiger partial charge in [-0.2, -0.15) is 0 Å². The first-order valence-corrected chi connectivity index (χ1v) is 5.96. The number of hydrogen-bond donors (Lipinski definition) is 0. The Kier molecular flexibility index (Phi) is 4.33. The molecule has 0 N–H and O–H groups in total. The summed E-state index contributed by atoms with van der Waals surface area (Å²) in [5, 5.41) is 0. The van der Waals surface area contributed by atoms with Crippen molar-refractivity contribution in [2.45, 2.75) is 46.0 Å². The largest absolute Gasteiger partial charge is 0.488 e. The quantitative estimate of drug-likeness (QED) is 0.709. The molecule has 0 bridgehead atoms. The molecule has 4 nitrogen and oxygen atoms in total. The molecule has 1 rings (SSSR count). The van der Waals surface area contributed by atoms with Gasteiger partial charge in [-0.3, -0.25) is 4.79 Å². The van der Waals surface area contributed by atoms with E-state index in [2.05, 4.69) is 0 Å². The summed E-state index contributed by atoms with van der Waals surface area (Å²) < 4.78 is 16.7. The number of methoxy groups -OCH3 is 2. The van der Waals surface area contributed by atoms with Gasteiger partial charge in [0.05, 0.1) is 5.92 Å². The zero-order valence-electron chi connectivity index (χ0n) is 11.5. The highest BCUT2D eigenvalue weighted by atomic mass is 16.7. The molecule has 1 aliphatic rings. The summed E-state index contributed by atoms with van der Waals surface area (Å²) >= 11 is 0. The van der Waals surface area contributed by atoms with Gasteiger partial charge in [-0.25, -0.2) is 0 Å². The minimum Gasteiger partial charge on any atom is -0.488 e. The second kappa shape index (κ2) is 5.19. The number of ketones is 1. The number of carbonyl (C=O) groups excluding carboxylic acids is 1. The van der Waals surface area contributed by atoms with Crippen LogP contribution < -0.4 is 0 Å². The van der Waals surface area contributed by atoms with Gasteiger partial charge in [0.2, 0.25) is 5.79 Å². The maximum absolute atomic E-state index is 12.1. The molecule has 0 saturated carbocycles. The molecule has 4 heteroatoms. The monoisotopic (exact) mass is 242 g/mol. The van der Waals surface area contributed by atoms with Crippen LogP contribution in [0.25, 0.3) is 0 Å². The first-order valence-electron chi connectivity index (χ1n) is 5.96. The number of allylic oxidation sites excluding steroid dienone is 1. The topological polar surface area (TPSA) is 44.8 Å². The highest BCUT2D eigenvalue weighted by molar-refractivity contribution is 5.98. The SMILES string of the molecule is CCC(OC)(OC)C1=C(C)C(=O)C(C)C(C)O1. The van der Waals surface area contributed by atoms with Crippen LogP contribution in [-0.2, 0) is 19.0 Å². The van der Waals surface area contributed by atoms with Crippen LogP contribution in [0.4, 0.5) is 0 Å². The van der Waals surface area contributed by atoms with E-state index < -0.39 is 5.79 Å². The zero-order chi connectivity index (χ0) is 13.2. The van der Waals surface area contributed by atoms with Crippen molar-refractivity contribution >= 4 is 5.78 Å². The molecule has 0 fully saturated rings. The number of rotatable bonds is 4. The Labute approximate surface area is 103 Å². The standard InChI is InChI=1S/C13H22O4/c1-7-13(15-5,16-6)12-9(3)11(14)8(2)10(4)17-12/h8,10H,7H2,1-6H3. The summed E-state index contributed by atoms with van der Waals surface area (Å²) in [6, 6.07) is 0. The van der Waals surface area contributed by atoms with Gasteiger partial charge < -0.3 is 14.2 Å². The maximum Gasteiger partial charge on any atom is 0.227 e. The fraction of sp³-hybridized carbons (Fsp3) is 0.769. The Morgan fingerprint density at radius 2 is 1.82 bits per heavy atom. The molecule has 17 heavy (non-hydrogen) atoms. The predicted octanol–water partition coefficient (Wildman–Crippen LogP) is 2.28. The van der Waals surface area contributed by atoms with Gasteiger partial charge in [-0.05, 0) is 13.8 Å². The Morgan fingerprint density at radius 1 is 1.29 bits per heavy atom. The molecule has 2 atom stereocenters. The van der Waals surface area contributed by atoms with E-state index >= 15 is 0 Å². The third-order valence-corrected chi connectivity index (χ3v) is 3.60. The molecule has 0 aromatic rings. The van der Waals surface area contributed by atoms with E-state index in [1.54, 1.807) is 21.1 Å². The van der Waals surface area contributed by atoms with Crippen molar-refractivity contribution in [3.8, 4) is 0 Å². The van der Waals surface area contributed by atoms with Gasteiger partial charge in [-0.15, -0.1) is 0 Å². The summed E-state index contributed by atoms with van der Waals surface area (Å²) in [6.45, 7) is 7.47. The van der Waals surface area contributed by atoms with Crippen LogP contribution in [0, 0.1) is 5.92 Å². The Morgan fingerprint density at radius 3 is 2.24 bits per heavy atom. The molecule has 98 valence electrons. The van der Waals surface area contributed by atoms with Crippen molar-refractivity contribution < 1.29 is 19.0 Å². The summed E-state index contributed by atoms with van der Waals surface area (Å²) in [5.41, 5.74) is 0.598. The van der Waals surface area contributed by atoms with Crippen LogP contribution in [0.15, 0.2) is 11.3 Å². The van der Waals surface area contributed by atoms with Gasteiger partial charge in [0.15, 0.2) is 11.5 Å². The van der Waals surface area contributed by atoms with E-state index in [4.69, 9.17) is 14.2 Å². The predicted molar refractivity (Wildman–Crippen MR) is 64.5 cm³/mol. The van der Waals surface area contributed by atoms with E-state index in [-0.39, 0.29) is 17.8 Å².